The van der Waals surface area contributed by atoms with Crippen molar-refractivity contribution in [2.75, 3.05) is 6.54 Å². The zero-order valence-corrected chi connectivity index (χ0v) is 23.1. The van der Waals surface area contributed by atoms with Crippen molar-refractivity contribution in [3.8, 4) is 0 Å². The van der Waals surface area contributed by atoms with E-state index in [0.29, 0.717) is 29.6 Å². The van der Waals surface area contributed by atoms with Gasteiger partial charge in [-0.3, -0.25) is 0 Å². The number of hydrogen-bond donors (Lipinski definition) is 3. The lowest BCUT2D eigenvalue weighted by Gasteiger charge is -2.45. The molecule has 5 N–H and O–H groups in total. The minimum Gasteiger partial charge on any atom is -0.405 e. The zero-order valence-electron chi connectivity index (χ0n) is 23.1. The van der Waals surface area contributed by atoms with Crippen LogP contribution in [0.25, 0.3) is 0 Å². The standard InChI is InChI=1S/C34H49N3/c1-3-10-34(36)33-21-20-30(31-14-6-7-15-32(31)33)25(2)16-17-26(11-8-9-22-35)24-37-29-19-18-27-12-4-5-13-28(27)23-29/h3,6-11,14-15,17,22-23,25,30-34,37H,4-5,12-13,16,18-21,24,35-36H2,1-2H3/b10-3-,11-8+,22-9-,26-17-. The van der Waals surface area contributed by atoms with Gasteiger partial charge in [0.15, 0.2) is 0 Å². The second-order valence-corrected chi connectivity index (χ2v) is 11.5. The van der Waals surface area contributed by atoms with Gasteiger partial charge in [-0.1, -0.05) is 67.2 Å². The van der Waals surface area contributed by atoms with E-state index in [-0.39, 0.29) is 6.04 Å². The van der Waals surface area contributed by atoms with E-state index in [9.17, 15) is 0 Å². The highest BCUT2D eigenvalue weighted by molar-refractivity contribution is 5.35. The van der Waals surface area contributed by atoms with Crippen LogP contribution in [0, 0.1) is 29.6 Å². The first-order valence-corrected chi connectivity index (χ1v) is 14.7. The van der Waals surface area contributed by atoms with Gasteiger partial charge in [0, 0.05) is 18.3 Å². The van der Waals surface area contributed by atoms with Crippen molar-refractivity contribution in [1.82, 2.24) is 5.32 Å². The maximum atomic E-state index is 6.58. The molecule has 0 aromatic carbocycles. The molecular formula is C34H49N3. The molecule has 0 aliphatic heterocycles. The Balaban J connectivity index is 1.41. The first-order chi connectivity index (χ1) is 18.1. The fraction of sp³-hybridized carbons (Fsp3) is 0.529. The Labute approximate surface area is 225 Å². The first kappa shape index (κ1) is 27.5. The third-order valence-corrected chi connectivity index (χ3v) is 9.16. The molecule has 6 unspecified atom stereocenters. The van der Waals surface area contributed by atoms with E-state index >= 15 is 0 Å². The topological polar surface area (TPSA) is 64.1 Å². The maximum Gasteiger partial charge on any atom is 0.0394 e. The van der Waals surface area contributed by atoms with Gasteiger partial charge in [-0.2, -0.15) is 0 Å². The van der Waals surface area contributed by atoms with E-state index in [1.807, 2.05) is 6.08 Å². The summed E-state index contributed by atoms with van der Waals surface area (Å²) in [4.78, 5) is 0. The smallest absolute Gasteiger partial charge is 0.0394 e. The monoisotopic (exact) mass is 499 g/mol. The third kappa shape index (κ3) is 7.29. The molecule has 4 aliphatic rings. The molecule has 4 aliphatic carbocycles. The Kier molecular flexibility index (Phi) is 10.3. The molecule has 3 heteroatoms. The molecule has 6 atom stereocenters. The van der Waals surface area contributed by atoms with E-state index in [1.54, 1.807) is 17.3 Å². The average Bonchev–Trinajstić information content (AvgIpc) is 2.93. The van der Waals surface area contributed by atoms with Gasteiger partial charge in [-0.05, 0) is 124 Å². The molecule has 0 amide bonds. The molecule has 4 rings (SSSR count). The summed E-state index contributed by atoms with van der Waals surface area (Å²) < 4.78 is 0. The number of allylic oxidation sites excluding steroid dienone is 12. The molecule has 0 spiro atoms. The van der Waals surface area contributed by atoms with Crippen molar-refractivity contribution in [3.05, 3.63) is 95.5 Å². The van der Waals surface area contributed by atoms with Crippen LogP contribution >= 0.6 is 0 Å². The highest BCUT2D eigenvalue weighted by atomic mass is 14.9. The maximum absolute atomic E-state index is 6.58. The van der Waals surface area contributed by atoms with Gasteiger partial charge in [-0.25, -0.2) is 0 Å². The van der Waals surface area contributed by atoms with Crippen LogP contribution in [0.1, 0.15) is 71.6 Å². The second-order valence-electron chi connectivity index (χ2n) is 11.5. The van der Waals surface area contributed by atoms with Crippen molar-refractivity contribution in [1.29, 1.82) is 0 Å². The molecule has 0 bridgehead atoms. The van der Waals surface area contributed by atoms with Crippen molar-refractivity contribution >= 4 is 0 Å². The van der Waals surface area contributed by atoms with Gasteiger partial charge < -0.3 is 16.8 Å². The Hall–Kier alpha value is -2.52. The number of nitrogens with one attached hydrogen (secondary N) is 1. The molecule has 0 saturated heterocycles. The molecule has 37 heavy (non-hydrogen) atoms. The Morgan fingerprint density at radius 2 is 1.78 bits per heavy atom. The first-order valence-electron chi connectivity index (χ1n) is 14.7. The number of hydrogen-bond acceptors (Lipinski definition) is 3. The van der Waals surface area contributed by atoms with Crippen molar-refractivity contribution in [3.63, 3.8) is 0 Å². The summed E-state index contributed by atoms with van der Waals surface area (Å²) in [5.74, 6) is 2.99. The van der Waals surface area contributed by atoms with E-state index < -0.39 is 0 Å². The van der Waals surface area contributed by atoms with Crippen LogP contribution in [0.4, 0.5) is 0 Å². The Morgan fingerprint density at radius 1 is 1.03 bits per heavy atom. The van der Waals surface area contributed by atoms with Gasteiger partial charge in [0.1, 0.15) is 0 Å². The predicted octanol–water partition coefficient (Wildman–Crippen LogP) is 7.39. The predicted molar refractivity (Wildman–Crippen MR) is 159 cm³/mol. The second kappa shape index (κ2) is 13.9. The van der Waals surface area contributed by atoms with E-state index in [0.717, 1.165) is 19.4 Å². The average molecular weight is 500 g/mol. The lowest BCUT2D eigenvalue weighted by Crippen LogP contribution is -2.43. The molecule has 200 valence electrons. The summed E-state index contributed by atoms with van der Waals surface area (Å²) in [7, 11) is 0. The number of rotatable bonds is 10. The van der Waals surface area contributed by atoms with Crippen LogP contribution in [-0.2, 0) is 0 Å². The molecule has 0 aromatic heterocycles. The van der Waals surface area contributed by atoms with Gasteiger partial charge in [0.2, 0.25) is 0 Å². The summed E-state index contributed by atoms with van der Waals surface area (Å²) in [5.41, 5.74) is 18.2. The Bertz CT molecular complexity index is 1000. The molecule has 0 aromatic rings. The van der Waals surface area contributed by atoms with E-state index in [1.165, 1.54) is 56.2 Å². The van der Waals surface area contributed by atoms with Gasteiger partial charge in [-0.15, -0.1) is 0 Å². The number of nitrogens with two attached hydrogens (primary N) is 2. The fourth-order valence-corrected chi connectivity index (χ4v) is 7.07. The minimum absolute atomic E-state index is 0.151. The molecule has 0 heterocycles. The largest absolute Gasteiger partial charge is 0.405 e. The van der Waals surface area contributed by atoms with Crippen LogP contribution in [0.3, 0.4) is 0 Å². The van der Waals surface area contributed by atoms with Crippen LogP contribution in [0.2, 0.25) is 0 Å². The minimum atomic E-state index is 0.151. The van der Waals surface area contributed by atoms with Gasteiger partial charge in [0.25, 0.3) is 0 Å². The summed E-state index contributed by atoms with van der Waals surface area (Å²) in [6.45, 7) is 5.40. The van der Waals surface area contributed by atoms with Crippen LogP contribution in [0.15, 0.2) is 95.5 Å². The van der Waals surface area contributed by atoms with Crippen LogP contribution in [0.5, 0.6) is 0 Å². The summed E-state index contributed by atoms with van der Waals surface area (Å²) >= 11 is 0. The Morgan fingerprint density at radius 3 is 2.57 bits per heavy atom. The van der Waals surface area contributed by atoms with Crippen LogP contribution in [-0.4, -0.2) is 12.6 Å². The van der Waals surface area contributed by atoms with E-state index in [2.05, 4.69) is 79.9 Å². The van der Waals surface area contributed by atoms with E-state index in [4.69, 9.17) is 11.5 Å². The summed E-state index contributed by atoms with van der Waals surface area (Å²) in [6, 6.07) is 0.151. The van der Waals surface area contributed by atoms with Gasteiger partial charge >= 0.3 is 0 Å². The quantitative estimate of drug-likeness (QED) is 0.217. The molecule has 3 nitrogen and oxygen atoms in total. The molecular weight excluding hydrogens is 450 g/mol. The summed E-state index contributed by atoms with van der Waals surface area (Å²) in [6.07, 6.45) is 37.6. The molecule has 1 saturated carbocycles. The van der Waals surface area contributed by atoms with Crippen LogP contribution < -0.4 is 16.8 Å². The molecule has 1 fully saturated rings. The van der Waals surface area contributed by atoms with Gasteiger partial charge in [0.05, 0.1) is 0 Å². The molecule has 0 radical (unpaired) electrons. The number of fused-ring (bicyclic) bond motifs is 1. The lowest BCUT2D eigenvalue weighted by atomic mass is 9.60. The SMILES string of the molecule is C/C=C\C(N)C1CCC(C(C)C/C=C(/C=C/C=C\N)CNC2=CC3=C(CCCC3)CC2)C2C=CC=CC21. The highest BCUT2D eigenvalue weighted by Crippen LogP contribution is 2.47. The van der Waals surface area contributed by atoms with Crippen molar-refractivity contribution in [2.24, 2.45) is 41.1 Å². The fourth-order valence-electron chi connectivity index (χ4n) is 7.07. The third-order valence-electron chi connectivity index (χ3n) is 9.16. The normalized spacial score (nSPS) is 30.0. The zero-order chi connectivity index (χ0) is 26.0. The summed E-state index contributed by atoms with van der Waals surface area (Å²) in [5, 5.41) is 3.77. The lowest BCUT2D eigenvalue weighted by molar-refractivity contribution is 0.107. The van der Waals surface area contributed by atoms with Crippen molar-refractivity contribution in [2.45, 2.75) is 77.7 Å². The highest BCUT2D eigenvalue weighted by Gasteiger charge is 2.40. The van der Waals surface area contributed by atoms with Crippen molar-refractivity contribution < 1.29 is 0 Å².